The van der Waals surface area contributed by atoms with E-state index in [1.165, 1.54) is 118 Å². The Morgan fingerprint density at radius 3 is 1.06 bits per heavy atom. The van der Waals surface area contributed by atoms with Crippen LogP contribution in [0.3, 0.4) is 0 Å². The molecule has 0 aromatic heterocycles. The van der Waals surface area contributed by atoms with Crippen LogP contribution >= 0.6 is 0 Å². The molecule has 10 aromatic carbocycles. The highest BCUT2D eigenvalue weighted by atomic mass is 16.6. The molecule has 10 rings (SSSR count). The van der Waals surface area contributed by atoms with Gasteiger partial charge in [0.1, 0.15) is 96.3 Å². The summed E-state index contributed by atoms with van der Waals surface area (Å²) >= 11 is 0. The van der Waals surface area contributed by atoms with Crippen molar-refractivity contribution in [3.63, 3.8) is 0 Å². The van der Waals surface area contributed by atoms with Crippen molar-refractivity contribution in [3.8, 4) is 63.2 Å². The quantitative estimate of drug-likeness (QED) is 0.0195. The van der Waals surface area contributed by atoms with Crippen molar-refractivity contribution >= 4 is 34.3 Å². The van der Waals surface area contributed by atoms with Crippen LogP contribution in [0.25, 0.3) is 10.8 Å². The number of aryl methyl sites for hydroxylation is 3. The molecule has 0 saturated carbocycles. The first-order valence-corrected chi connectivity index (χ1v) is 47.5. The Labute approximate surface area is 831 Å². The third-order valence-electron chi connectivity index (χ3n) is 18.8. The Balaban J connectivity index is 0.00000152. The molecule has 0 radical (unpaired) electrons. The molecule has 0 fully saturated rings. The average Bonchev–Trinajstić information content (AvgIpc) is 0.843. The van der Waals surface area contributed by atoms with Crippen molar-refractivity contribution in [2.24, 2.45) is 0 Å². The molecule has 24 heteroatoms. The van der Waals surface area contributed by atoms with Crippen LogP contribution in [0.1, 0.15) is 148 Å². The zero-order valence-corrected chi connectivity index (χ0v) is 86.4. The van der Waals surface area contributed by atoms with E-state index in [-0.39, 0.29) is 38.0 Å². The van der Waals surface area contributed by atoms with E-state index < -0.39 is 11.9 Å². The molecule has 10 aromatic rings. The number of rotatable bonds is 53. The highest BCUT2D eigenvalue weighted by molar-refractivity contribution is 5.87. The lowest BCUT2D eigenvalue weighted by Crippen LogP contribution is -2.14. The lowest BCUT2D eigenvalue weighted by Gasteiger charge is -2.07. The number of carbonyl (C=O) groups is 4. The van der Waals surface area contributed by atoms with Crippen LogP contribution in [-0.2, 0) is 81.3 Å². The van der Waals surface area contributed by atoms with Crippen molar-refractivity contribution in [2.45, 2.75) is 152 Å². The summed E-state index contributed by atoms with van der Waals surface area (Å²) in [7, 11) is 15.0. The number of unbranched alkanes of at least 4 members (excludes halogenated alkanes) is 9. The molecule has 766 valence electrons. The Kier molecular flexibility index (Phi) is 82.8. The van der Waals surface area contributed by atoms with Gasteiger partial charge in [-0.1, -0.05) is 213 Å². The number of methoxy groups -OCH3 is 9. The van der Waals surface area contributed by atoms with Gasteiger partial charge in [0.2, 0.25) is 0 Å². The fourth-order valence-electron chi connectivity index (χ4n) is 11.1. The molecule has 0 heterocycles. The van der Waals surface area contributed by atoms with Gasteiger partial charge in [-0.05, 0) is 228 Å². The Morgan fingerprint density at radius 2 is 0.640 bits per heavy atom. The smallest absolute Gasteiger partial charge is 0.333 e. The zero-order valence-electron chi connectivity index (χ0n) is 86.4. The molecule has 0 aliphatic carbocycles. The maximum atomic E-state index is 10.9. The van der Waals surface area contributed by atoms with Gasteiger partial charge in [-0.25, -0.2) is 9.59 Å². The molecule has 0 bridgehead atoms. The number of para-hydroxylation sites is 1. The summed E-state index contributed by atoms with van der Waals surface area (Å²) in [6.07, 6.45) is 17.9. The van der Waals surface area contributed by atoms with Gasteiger partial charge in [0.05, 0.1) is 136 Å². The van der Waals surface area contributed by atoms with Crippen molar-refractivity contribution < 1.29 is 114 Å². The van der Waals surface area contributed by atoms with Gasteiger partial charge in [-0.3, -0.25) is 9.59 Å². The standard InChI is InChI=1S/C16H26O2.C13H20O4.C13H20O.C11H18O5.C11H10O.C10H16O5.C10H14O.C8H10O2.2C8H10O.C7H8O/c1-3-4-5-6-7-8-9-14-18-16-12-10-15(17-2)11-13-16;1-3-15-8-9-16-10-11-17-13-6-4-12(14-2)5-7-13;1-3-4-5-6-7-12-8-10-13(14-2)11-9-12;1-9(2)11(13)16-7-6-14-4-5-15-8-10(3)12;1-12-11-7-6-9-4-2-3-5-10(9)8-11;1-3-10(12)15-7-6-13-4-5-14-8-9(2)11;1-3-9-5-7-10(8-6-9)11-4-2;1-9-7-3-5-8(10-2)6-4-7;1-7-3-5-8(9-2)6-4-7;1-9-7-8-5-3-2-4-6-8;1-8-7-5-3-2-4-6-7/h10-13H,3-9,14H2,1-2H3;4-7H,3,8-11H2,1-2H3;8-11H,3-7H2,1-2H3;1,4-8H2,2-3H3;2-8H,1H3;3H,1,4-8H2,2H3;5-8H,3-4H2,1-2H3;3-6H,1-2H3;3-6H,1-2H3;2-6H,7H2,1H3;2-6H,1H3. The van der Waals surface area contributed by atoms with Crippen molar-refractivity contribution in [3.05, 3.63) is 296 Å². The van der Waals surface area contributed by atoms with Gasteiger partial charge >= 0.3 is 11.9 Å². The summed E-state index contributed by atoms with van der Waals surface area (Å²) in [5.74, 6) is 8.87. The number of fused-ring (bicyclic) bond motifs is 1. The highest BCUT2D eigenvalue weighted by Crippen LogP contribution is 2.23. The Bertz CT molecular complexity index is 4510. The fourth-order valence-corrected chi connectivity index (χ4v) is 11.1. The number of hydrogen-bond donors (Lipinski definition) is 0. The maximum absolute atomic E-state index is 10.9. The fraction of sp³-hybridized carbons (Fsp3) is 0.426. The number of carbonyl (C=O) groups excluding carboxylic acids is 4. The molecule has 139 heavy (non-hydrogen) atoms. The van der Waals surface area contributed by atoms with Gasteiger partial charge in [0.15, 0.2) is 11.6 Å². The Hall–Kier alpha value is -12.3. The lowest BCUT2D eigenvalue weighted by atomic mass is 10.1. The van der Waals surface area contributed by atoms with Crippen LogP contribution in [0.4, 0.5) is 0 Å². The van der Waals surface area contributed by atoms with E-state index in [2.05, 4.69) is 88.1 Å². The first kappa shape index (κ1) is 127. The number of ether oxygens (including phenoxy) is 20. The molecule has 0 amide bonds. The topological polar surface area (TPSA) is 253 Å². The van der Waals surface area contributed by atoms with Gasteiger partial charge < -0.3 is 94.7 Å². The number of ketones is 2. The molecule has 0 aliphatic rings. The third-order valence-corrected chi connectivity index (χ3v) is 18.8. The molecule has 0 aliphatic heterocycles. The van der Waals surface area contributed by atoms with E-state index in [4.69, 9.17) is 90.0 Å². The third kappa shape index (κ3) is 74.5. The maximum Gasteiger partial charge on any atom is 0.333 e. The lowest BCUT2D eigenvalue weighted by molar-refractivity contribution is -0.141. The predicted octanol–water partition coefficient (Wildman–Crippen LogP) is 24.6. The Morgan fingerprint density at radius 1 is 0.295 bits per heavy atom. The summed E-state index contributed by atoms with van der Waals surface area (Å²) in [5.41, 5.74) is 5.62. The normalized spacial score (nSPS) is 9.77. The first-order valence-electron chi connectivity index (χ1n) is 47.5. The average molecular weight is 1930 g/mol. The molecule has 0 atom stereocenters. The number of esters is 2. The van der Waals surface area contributed by atoms with Crippen LogP contribution in [0.2, 0.25) is 0 Å². The van der Waals surface area contributed by atoms with Crippen LogP contribution in [0.5, 0.6) is 63.2 Å². The van der Waals surface area contributed by atoms with Crippen molar-refractivity contribution in [2.75, 3.05) is 176 Å². The van der Waals surface area contributed by atoms with Gasteiger partial charge in [-0.15, -0.1) is 0 Å². The minimum Gasteiger partial charge on any atom is -0.497 e. The molecular weight excluding hydrogens is 1770 g/mol. The summed E-state index contributed by atoms with van der Waals surface area (Å²) in [6, 6.07) is 81.4. The summed E-state index contributed by atoms with van der Waals surface area (Å²) < 4.78 is 102. The first-order chi connectivity index (χ1) is 67.6. The molecule has 0 unspecified atom stereocenters. The SMILES string of the molecule is C=C(C)C(=O)OCCOCCOCC(C)=O.C=CC(=O)OCCOCCOCC(C)=O.CCCCCCCCCOc1ccc(OC)cc1.CCCCCCc1ccc(OC)cc1.CCOCCOCCOc1ccc(OC)cc1.CCOc1ccc(CC)cc1.COCc1ccccc1.COc1ccc(C)cc1.COc1ccc(OC)cc1.COc1ccc2ccccc2c1.COc1ccccc1. The van der Waals surface area contributed by atoms with Crippen LogP contribution < -0.4 is 52.1 Å². The molecular formula is C115H162O24. The number of benzene rings is 10. The summed E-state index contributed by atoms with van der Waals surface area (Å²) in [6.45, 7) is 31.9. The zero-order chi connectivity index (χ0) is 102. The predicted molar refractivity (Wildman–Crippen MR) is 560 cm³/mol. The largest absolute Gasteiger partial charge is 0.497 e. The van der Waals surface area contributed by atoms with E-state index in [1.807, 2.05) is 220 Å². The van der Waals surface area contributed by atoms with Gasteiger partial charge in [0, 0.05) is 25.4 Å². The van der Waals surface area contributed by atoms with E-state index in [0.29, 0.717) is 78.2 Å². The second-order valence-electron chi connectivity index (χ2n) is 30.1. The van der Waals surface area contributed by atoms with E-state index in [0.717, 1.165) is 102 Å². The van der Waals surface area contributed by atoms with Gasteiger partial charge in [-0.2, -0.15) is 0 Å². The molecule has 0 N–H and O–H groups in total. The molecule has 0 saturated heterocycles. The minimum atomic E-state index is -0.466. The van der Waals surface area contributed by atoms with Gasteiger partial charge in [0.25, 0.3) is 0 Å². The van der Waals surface area contributed by atoms with Crippen LogP contribution in [0, 0.1) is 6.92 Å². The molecule has 24 nitrogen and oxygen atoms in total. The molecule has 0 spiro atoms. The number of Topliss-reactive ketones (excluding diaryl/α,β-unsaturated/α-hetero) is 2. The van der Waals surface area contributed by atoms with Crippen LogP contribution in [-0.4, -0.2) is 200 Å². The second-order valence-corrected chi connectivity index (χ2v) is 30.1. The number of hydrogen-bond acceptors (Lipinski definition) is 24. The highest BCUT2D eigenvalue weighted by Gasteiger charge is 2.05. The second kappa shape index (κ2) is 90.9. The summed E-state index contributed by atoms with van der Waals surface area (Å²) in [4.78, 5) is 42.4. The monoisotopic (exact) mass is 1930 g/mol. The van der Waals surface area contributed by atoms with E-state index in [9.17, 15) is 19.2 Å². The summed E-state index contributed by atoms with van der Waals surface area (Å²) in [5, 5.41) is 2.47. The van der Waals surface area contributed by atoms with Crippen molar-refractivity contribution in [1.82, 2.24) is 0 Å². The van der Waals surface area contributed by atoms with Crippen molar-refractivity contribution in [1.29, 1.82) is 0 Å². The van der Waals surface area contributed by atoms with E-state index >= 15 is 0 Å². The van der Waals surface area contributed by atoms with E-state index in [1.54, 1.807) is 70.9 Å². The van der Waals surface area contributed by atoms with Crippen LogP contribution in [0.15, 0.2) is 274 Å². The minimum absolute atomic E-state index is 0.0182.